The second-order valence-electron chi connectivity index (χ2n) is 6.72. The van der Waals surface area contributed by atoms with Crippen LogP contribution in [0.2, 0.25) is 0 Å². The topological polar surface area (TPSA) is 90.0 Å². The zero-order chi connectivity index (χ0) is 21.7. The minimum absolute atomic E-state index is 0.160. The van der Waals surface area contributed by atoms with E-state index in [0.717, 1.165) is 17.3 Å². The van der Waals surface area contributed by atoms with Crippen molar-refractivity contribution in [1.82, 2.24) is 9.79 Å². The standard InChI is InChI=1S/C21H22ClN3O4S/c1-16(22)18-6-8-19(9-7-18)24-11-13-25(14-12-24)30(28,29)20-4-2-3-17(15-20)5-10-21(26)23-27/h2-10,15,27H,1,11-14H2,(H,23,26). The van der Waals surface area contributed by atoms with E-state index in [1.54, 1.807) is 12.1 Å². The van der Waals surface area contributed by atoms with Gasteiger partial charge in [0.1, 0.15) is 0 Å². The van der Waals surface area contributed by atoms with E-state index in [-0.39, 0.29) is 4.90 Å². The molecule has 0 aliphatic carbocycles. The largest absolute Gasteiger partial charge is 0.369 e. The number of benzene rings is 2. The molecule has 1 aliphatic heterocycles. The average Bonchev–Trinajstić information content (AvgIpc) is 2.77. The fourth-order valence-corrected chi connectivity index (χ4v) is 4.78. The van der Waals surface area contributed by atoms with Crippen LogP contribution in [0.4, 0.5) is 5.69 Å². The summed E-state index contributed by atoms with van der Waals surface area (Å²) in [6.07, 6.45) is 2.55. The molecular formula is C21H22ClN3O4S. The molecule has 1 fully saturated rings. The van der Waals surface area contributed by atoms with Crippen molar-refractivity contribution in [1.29, 1.82) is 0 Å². The second-order valence-corrected chi connectivity index (χ2v) is 9.12. The SMILES string of the molecule is C=C(Cl)c1ccc(N2CCN(S(=O)(=O)c3cccc(C=CC(=O)NO)c3)CC2)cc1. The van der Waals surface area contributed by atoms with Gasteiger partial charge in [-0.25, -0.2) is 13.9 Å². The summed E-state index contributed by atoms with van der Waals surface area (Å²) >= 11 is 5.91. The third kappa shape index (κ3) is 5.09. The average molecular weight is 448 g/mol. The van der Waals surface area contributed by atoms with Gasteiger partial charge in [-0.1, -0.05) is 42.4 Å². The van der Waals surface area contributed by atoms with E-state index in [1.807, 2.05) is 24.3 Å². The van der Waals surface area contributed by atoms with Crippen LogP contribution in [-0.4, -0.2) is 50.0 Å². The minimum atomic E-state index is -3.66. The molecule has 1 aliphatic rings. The van der Waals surface area contributed by atoms with Crippen molar-refractivity contribution >= 4 is 44.3 Å². The number of nitrogens with zero attached hydrogens (tertiary/aromatic N) is 2. The highest BCUT2D eigenvalue weighted by atomic mass is 35.5. The van der Waals surface area contributed by atoms with Gasteiger partial charge in [0.2, 0.25) is 10.0 Å². The predicted molar refractivity (Wildman–Crippen MR) is 118 cm³/mol. The van der Waals surface area contributed by atoms with Gasteiger partial charge in [-0.3, -0.25) is 10.0 Å². The zero-order valence-electron chi connectivity index (χ0n) is 16.2. The van der Waals surface area contributed by atoms with Crippen molar-refractivity contribution in [3.05, 3.63) is 72.3 Å². The molecular weight excluding hydrogens is 426 g/mol. The molecule has 1 heterocycles. The van der Waals surface area contributed by atoms with Crippen LogP contribution >= 0.6 is 11.6 Å². The highest BCUT2D eigenvalue weighted by Gasteiger charge is 2.28. The molecule has 1 amide bonds. The first kappa shape index (κ1) is 22.0. The first-order chi connectivity index (χ1) is 14.3. The Bertz CT molecular complexity index is 1060. The van der Waals surface area contributed by atoms with Crippen LogP contribution in [-0.2, 0) is 14.8 Å². The third-order valence-corrected chi connectivity index (χ3v) is 6.93. The Morgan fingerprint density at radius 1 is 1.10 bits per heavy atom. The normalized spacial score (nSPS) is 15.3. The van der Waals surface area contributed by atoms with Crippen molar-refractivity contribution in [2.75, 3.05) is 31.1 Å². The van der Waals surface area contributed by atoms with Gasteiger partial charge in [-0.2, -0.15) is 4.31 Å². The van der Waals surface area contributed by atoms with Gasteiger partial charge in [-0.05, 0) is 41.5 Å². The summed E-state index contributed by atoms with van der Waals surface area (Å²) in [5.74, 6) is -0.692. The molecule has 0 atom stereocenters. The number of halogens is 1. The molecule has 0 unspecified atom stereocenters. The number of hydroxylamine groups is 1. The molecule has 0 spiro atoms. The van der Waals surface area contributed by atoms with E-state index >= 15 is 0 Å². The molecule has 3 rings (SSSR count). The van der Waals surface area contributed by atoms with Crippen molar-refractivity contribution in [2.45, 2.75) is 4.90 Å². The lowest BCUT2D eigenvalue weighted by Crippen LogP contribution is -2.48. The Kier molecular flexibility index (Phi) is 6.94. The smallest absolute Gasteiger partial charge is 0.267 e. The van der Waals surface area contributed by atoms with E-state index in [2.05, 4.69) is 11.5 Å². The van der Waals surface area contributed by atoms with Crippen LogP contribution in [0.5, 0.6) is 0 Å². The summed E-state index contributed by atoms with van der Waals surface area (Å²) in [6, 6.07) is 14.0. The lowest BCUT2D eigenvalue weighted by molar-refractivity contribution is -0.124. The van der Waals surface area contributed by atoms with Crippen LogP contribution in [0.1, 0.15) is 11.1 Å². The molecule has 0 aromatic heterocycles. The molecule has 0 radical (unpaired) electrons. The van der Waals surface area contributed by atoms with Crippen molar-refractivity contribution in [3.8, 4) is 0 Å². The minimum Gasteiger partial charge on any atom is -0.369 e. The molecule has 7 nitrogen and oxygen atoms in total. The highest BCUT2D eigenvalue weighted by molar-refractivity contribution is 7.89. The van der Waals surface area contributed by atoms with E-state index in [9.17, 15) is 13.2 Å². The fourth-order valence-electron chi connectivity index (χ4n) is 3.18. The first-order valence-electron chi connectivity index (χ1n) is 9.23. The van der Waals surface area contributed by atoms with Crippen LogP contribution < -0.4 is 10.4 Å². The number of piperazine rings is 1. The van der Waals surface area contributed by atoms with E-state index in [1.165, 1.54) is 28.0 Å². The number of carbonyl (C=O) groups excluding carboxylic acids is 1. The molecule has 0 saturated carbocycles. The second kappa shape index (κ2) is 9.44. The first-order valence-corrected chi connectivity index (χ1v) is 11.1. The van der Waals surface area contributed by atoms with Gasteiger partial charge in [0.15, 0.2) is 0 Å². The summed E-state index contributed by atoms with van der Waals surface area (Å²) in [5.41, 5.74) is 3.89. The van der Waals surface area contributed by atoms with Crippen molar-refractivity contribution in [2.24, 2.45) is 0 Å². The number of rotatable bonds is 6. The number of nitrogens with one attached hydrogen (secondary N) is 1. The lowest BCUT2D eigenvalue weighted by atomic mass is 10.2. The number of hydrogen-bond donors (Lipinski definition) is 2. The summed E-state index contributed by atoms with van der Waals surface area (Å²) < 4.78 is 27.5. The van der Waals surface area contributed by atoms with E-state index in [0.29, 0.717) is 36.8 Å². The summed E-state index contributed by atoms with van der Waals surface area (Å²) in [5, 5.41) is 9.02. The van der Waals surface area contributed by atoms with E-state index < -0.39 is 15.9 Å². The van der Waals surface area contributed by atoms with Gasteiger partial charge in [0.25, 0.3) is 5.91 Å². The van der Waals surface area contributed by atoms with Crippen LogP contribution in [0, 0.1) is 0 Å². The van der Waals surface area contributed by atoms with Gasteiger partial charge < -0.3 is 4.90 Å². The Labute approximate surface area is 180 Å². The molecule has 2 aromatic carbocycles. The van der Waals surface area contributed by atoms with Crippen LogP contribution in [0.25, 0.3) is 11.1 Å². The molecule has 158 valence electrons. The maximum atomic E-state index is 13.0. The number of amides is 1. The number of carbonyl (C=O) groups is 1. The molecule has 1 saturated heterocycles. The molecule has 30 heavy (non-hydrogen) atoms. The zero-order valence-corrected chi connectivity index (χ0v) is 17.7. The van der Waals surface area contributed by atoms with Gasteiger partial charge in [0, 0.05) is 43.0 Å². The molecule has 9 heteroatoms. The van der Waals surface area contributed by atoms with Gasteiger partial charge >= 0.3 is 0 Å². The Morgan fingerprint density at radius 2 is 1.77 bits per heavy atom. The molecule has 0 bridgehead atoms. The lowest BCUT2D eigenvalue weighted by Gasteiger charge is -2.35. The third-order valence-electron chi connectivity index (χ3n) is 4.82. The predicted octanol–water partition coefficient (Wildman–Crippen LogP) is 2.93. The van der Waals surface area contributed by atoms with Crippen molar-refractivity contribution < 1.29 is 18.4 Å². The number of sulfonamides is 1. The Hall–Kier alpha value is -2.65. The summed E-state index contributed by atoms with van der Waals surface area (Å²) in [7, 11) is -3.66. The van der Waals surface area contributed by atoms with Gasteiger partial charge in [-0.15, -0.1) is 0 Å². The Morgan fingerprint density at radius 3 is 2.37 bits per heavy atom. The summed E-state index contributed by atoms with van der Waals surface area (Å²) in [4.78, 5) is 13.4. The number of anilines is 1. The van der Waals surface area contributed by atoms with Crippen LogP contribution in [0.3, 0.4) is 0 Å². The Balaban J connectivity index is 1.69. The van der Waals surface area contributed by atoms with Gasteiger partial charge in [0.05, 0.1) is 4.90 Å². The molecule has 2 N–H and O–H groups in total. The summed E-state index contributed by atoms with van der Waals surface area (Å²) in [6.45, 7) is 5.56. The monoisotopic (exact) mass is 447 g/mol. The molecule has 2 aromatic rings. The van der Waals surface area contributed by atoms with E-state index in [4.69, 9.17) is 16.8 Å². The highest BCUT2D eigenvalue weighted by Crippen LogP contribution is 2.24. The number of hydrogen-bond acceptors (Lipinski definition) is 5. The maximum Gasteiger partial charge on any atom is 0.267 e. The van der Waals surface area contributed by atoms with Crippen molar-refractivity contribution in [3.63, 3.8) is 0 Å². The quantitative estimate of drug-likeness (QED) is 0.403. The van der Waals surface area contributed by atoms with Crippen LogP contribution in [0.15, 0.2) is 66.1 Å². The maximum absolute atomic E-state index is 13.0. The fraction of sp³-hybridized carbons (Fsp3) is 0.190.